The summed E-state index contributed by atoms with van der Waals surface area (Å²) in [7, 11) is 0. The van der Waals surface area contributed by atoms with Gasteiger partial charge in [-0.15, -0.1) is 0 Å². The van der Waals surface area contributed by atoms with Crippen LogP contribution >= 0.6 is 0 Å². The Bertz CT molecular complexity index is 71.6. The Kier molecular flexibility index (Phi) is 1.83. The summed E-state index contributed by atoms with van der Waals surface area (Å²) in [6.45, 7) is 0. The van der Waals surface area contributed by atoms with E-state index in [9.17, 15) is 3.74 Å². The van der Waals surface area contributed by atoms with Crippen molar-refractivity contribution in [3.8, 4) is 0 Å². The molecular weight excluding hydrogens is 153 g/mol. The molecule has 5 nitrogen and oxygen atoms in total. The molecule has 0 aromatic heterocycles. The van der Waals surface area contributed by atoms with Gasteiger partial charge >= 0.3 is 36.2 Å². The zero-order valence-electron chi connectivity index (χ0n) is 2.74. The van der Waals surface area contributed by atoms with Crippen LogP contribution in [0.5, 0.6) is 0 Å². The maximum atomic E-state index is 9.41. The predicted molar refractivity (Wildman–Crippen MR) is 16.2 cm³/mol. The van der Waals surface area contributed by atoms with Crippen molar-refractivity contribution in [1.82, 2.24) is 0 Å². The Balaban J connectivity index is 3.48. The summed E-state index contributed by atoms with van der Waals surface area (Å²) in [5.41, 5.74) is 0. The normalized spacial score (nSPS) is 11.8. The summed E-state index contributed by atoms with van der Waals surface area (Å²) in [6, 6.07) is 0. The molecule has 0 unspecified atom stereocenters. The molecule has 0 aliphatic heterocycles. The van der Waals surface area contributed by atoms with Crippen molar-refractivity contribution in [3.05, 3.63) is 0 Å². The van der Waals surface area contributed by atoms with Crippen molar-refractivity contribution in [1.29, 1.82) is 0 Å². The summed E-state index contributed by atoms with van der Waals surface area (Å²) >= 11 is -4.88. The third-order valence-electron chi connectivity index (χ3n) is 0.137. The van der Waals surface area contributed by atoms with E-state index < -0.39 is 14.5 Å². The van der Waals surface area contributed by atoms with E-state index in [0.29, 0.717) is 0 Å². The van der Waals surface area contributed by atoms with E-state index in [2.05, 4.69) is 9.72 Å². The summed E-state index contributed by atoms with van der Waals surface area (Å²) in [6.07, 6.45) is 0. The monoisotopic (exact) mass is 157 g/mol. The molecule has 0 aliphatic carbocycles. The van der Waals surface area contributed by atoms with Crippen molar-refractivity contribution >= 4 is 14.5 Å². The molecule has 0 spiro atoms. The van der Waals surface area contributed by atoms with Gasteiger partial charge in [0.15, 0.2) is 0 Å². The molecule has 0 rings (SSSR count). The zero-order valence-corrected chi connectivity index (χ0v) is 4.61. The van der Waals surface area contributed by atoms with Crippen LogP contribution in [0.3, 0.4) is 0 Å². The van der Waals surface area contributed by atoms with Gasteiger partial charge in [0, 0.05) is 0 Å². The Morgan fingerprint density at radius 3 is 1.83 bits per heavy atom. The number of hydrogen-bond acceptors (Lipinski definition) is 3. The Hall–Kier alpha value is 0.198. The molecule has 0 fully saturated rings. The van der Waals surface area contributed by atoms with Crippen LogP contribution in [0.15, 0.2) is 0 Å². The second-order valence-electron chi connectivity index (χ2n) is 0.596. The van der Waals surface area contributed by atoms with Gasteiger partial charge in [0.25, 0.3) is 0 Å². The first-order chi connectivity index (χ1) is 2.56. The van der Waals surface area contributed by atoms with Crippen LogP contribution in [0.25, 0.3) is 0 Å². The van der Waals surface area contributed by atoms with Crippen LogP contribution < -0.4 is 5.90 Å². The fraction of sp³-hybridized carbons (Fsp3) is 0. The van der Waals surface area contributed by atoms with Crippen LogP contribution in [0, 0.1) is 0 Å². The van der Waals surface area contributed by atoms with Gasteiger partial charge in [-0.25, -0.2) is 0 Å². The van der Waals surface area contributed by atoms with Crippen LogP contribution in [-0.4, -0.2) is 22.7 Å². The van der Waals surface area contributed by atoms with E-state index in [-0.39, 0.29) is 0 Å². The maximum absolute atomic E-state index is 9.41. The first kappa shape index (κ1) is 6.20. The molecule has 0 saturated heterocycles. The van der Waals surface area contributed by atoms with E-state index in [1.165, 1.54) is 0 Å². The molecule has 0 aliphatic rings. The van der Waals surface area contributed by atoms with Gasteiger partial charge < -0.3 is 0 Å². The molecule has 0 atom stereocenters. The van der Waals surface area contributed by atoms with Crippen molar-refractivity contribution in [2.45, 2.75) is 0 Å². The van der Waals surface area contributed by atoms with Gasteiger partial charge in [-0.2, -0.15) is 0 Å². The molecule has 38 valence electrons. The average Bonchev–Trinajstić information content (AvgIpc) is 1.35. The minimum absolute atomic E-state index is 3.16. The number of rotatable bonds is 1. The number of hydrogen-bond donors (Lipinski definition) is 3. The average molecular weight is 157 g/mol. The first-order valence-corrected chi connectivity index (χ1v) is 4.21. The van der Waals surface area contributed by atoms with Crippen molar-refractivity contribution in [3.63, 3.8) is 0 Å². The molecule has 0 amide bonds. The summed E-state index contributed by atoms with van der Waals surface area (Å²) in [5, 5.41) is 0. The third kappa shape index (κ3) is 4.20. The SMILES string of the molecule is NO[As](=O)(O)O. The van der Waals surface area contributed by atoms with Gasteiger partial charge in [0.2, 0.25) is 0 Å². The van der Waals surface area contributed by atoms with E-state index in [4.69, 9.17) is 8.19 Å². The Morgan fingerprint density at radius 2 is 1.83 bits per heavy atom. The van der Waals surface area contributed by atoms with Crippen LogP contribution in [0.4, 0.5) is 0 Å². The molecule has 0 aromatic rings. The van der Waals surface area contributed by atoms with Crippen LogP contribution in [0.2, 0.25) is 0 Å². The topological polar surface area (TPSA) is 92.8 Å². The van der Waals surface area contributed by atoms with Crippen molar-refractivity contribution in [2.75, 3.05) is 0 Å². The van der Waals surface area contributed by atoms with Gasteiger partial charge in [0.1, 0.15) is 0 Å². The molecule has 0 saturated carbocycles. The van der Waals surface area contributed by atoms with Gasteiger partial charge in [0.05, 0.1) is 0 Å². The van der Waals surface area contributed by atoms with Gasteiger partial charge in [-0.1, -0.05) is 0 Å². The Morgan fingerprint density at radius 1 is 1.67 bits per heavy atom. The molecule has 0 heterocycles. The molecule has 6 heavy (non-hydrogen) atoms. The second-order valence-corrected chi connectivity index (χ2v) is 3.10. The van der Waals surface area contributed by atoms with Crippen LogP contribution in [-0.2, 0) is 7.57 Å². The molecule has 4 N–H and O–H groups in total. The van der Waals surface area contributed by atoms with Crippen molar-refractivity contribution in [2.24, 2.45) is 5.90 Å². The summed E-state index contributed by atoms with van der Waals surface area (Å²) in [4.78, 5) is 0. The quantitative estimate of drug-likeness (QED) is 0.294. The molecule has 6 heteroatoms. The van der Waals surface area contributed by atoms with E-state index in [1.807, 2.05) is 0 Å². The summed E-state index contributed by atoms with van der Waals surface area (Å²) < 4.78 is 27.9. The molecule has 0 radical (unpaired) electrons. The van der Waals surface area contributed by atoms with Gasteiger partial charge in [-0.3, -0.25) is 0 Å². The number of nitrogens with two attached hydrogens (primary N) is 1. The second kappa shape index (κ2) is 1.77. The van der Waals surface area contributed by atoms with E-state index in [1.54, 1.807) is 0 Å². The van der Waals surface area contributed by atoms with Crippen molar-refractivity contribution < 1.29 is 15.8 Å². The fourth-order valence-corrected chi connectivity index (χ4v) is 0. The fourth-order valence-electron chi connectivity index (χ4n) is 0. The first-order valence-electron chi connectivity index (χ1n) is 1.00. The molecule has 0 bridgehead atoms. The standard InChI is InChI=1S/AsH4NO4/c2-6-1(3,4)5/h2H2,(H2,3,4,5). The zero-order chi connectivity index (χ0) is 5.21. The minimum atomic E-state index is -4.88. The molecular formula is H4AsNO4. The van der Waals surface area contributed by atoms with Gasteiger partial charge in [-0.05, 0) is 0 Å². The third-order valence-corrected chi connectivity index (χ3v) is 0.714. The Labute approximate surface area is 37.0 Å². The van der Waals surface area contributed by atoms with Crippen LogP contribution in [0.1, 0.15) is 0 Å². The predicted octanol–water partition coefficient (Wildman–Crippen LogP) is -2.27. The van der Waals surface area contributed by atoms with E-state index in [0.717, 1.165) is 0 Å². The molecule has 0 aromatic carbocycles. The summed E-state index contributed by atoms with van der Waals surface area (Å²) in [5.74, 6) is 4.07. The van der Waals surface area contributed by atoms with E-state index >= 15 is 0 Å².